The molecule has 35 heavy (non-hydrogen) atoms. The Morgan fingerprint density at radius 3 is 2.20 bits per heavy atom. The predicted octanol–water partition coefficient (Wildman–Crippen LogP) is 4.72. The number of sulfonamides is 1. The van der Waals surface area contributed by atoms with Crippen molar-refractivity contribution in [3.05, 3.63) is 78.1 Å². The molecule has 2 N–H and O–H groups in total. The van der Waals surface area contributed by atoms with Gasteiger partial charge in [0.15, 0.2) is 11.6 Å². The number of halogens is 3. The van der Waals surface area contributed by atoms with Crippen molar-refractivity contribution in [3.8, 4) is 11.6 Å². The second kappa shape index (κ2) is 9.25. The first-order valence-corrected chi connectivity index (χ1v) is 11.6. The fourth-order valence-corrected chi connectivity index (χ4v) is 4.42. The van der Waals surface area contributed by atoms with Crippen LogP contribution in [-0.4, -0.2) is 34.8 Å². The Labute approximate surface area is 198 Å². The average Bonchev–Trinajstić information content (AvgIpc) is 3.12. The molecule has 2 aromatic carbocycles. The van der Waals surface area contributed by atoms with Gasteiger partial charge in [0.1, 0.15) is 10.6 Å². The van der Waals surface area contributed by atoms with Crippen molar-refractivity contribution < 1.29 is 26.3 Å². The van der Waals surface area contributed by atoms with Crippen molar-refractivity contribution in [2.24, 2.45) is 0 Å². The van der Waals surface area contributed by atoms with Gasteiger partial charge in [-0.1, -0.05) is 12.1 Å². The molecule has 0 bridgehead atoms. The molecule has 4 aromatic rings. The van der Waals surface area contributed by atoms with Crippen LogP contribution in [0.25, 0.3) is 5.82 Å². The van der Waals surface area contributed by atoms with E-state index in [4.69, 9.17) is 0 Å². The third-order valence-corrected chi connectivity index (χ3v) is 6.07. The topological polar surface area (TPSA) is 111 Å². The van der Waals surface area contributed by atoms with Crippen LogP contribution in [0, 0.1) is 13.8 Å². The summed E-state index contributed by atoms with van der Waals surface area (Å²) < 4.78 is 71.0. The summed E-state index contributed by atoms with van der Waals surface area (Å²) in [7, 11) is -4.35. The molecule has 0 aliphatic rings. The smallest absolute Gasteiger partial charge is 0.404 e. The van der Waals surface area contributed by atoms with Gasteiger partial charge in [-0.3, -0.25) is 4.72 Å². The van der Waals surface area contributed by atoms with Crippen LogP contribution in [0.3, 0.4) is 0 Å². The summed E-state index contributed by atoms with van der Waals surface area (Å²) in [4.78, 5) is -0.641. The Bertz CT molecular complexity index is 1440. The van der Waals surface area contributed by atoms with Gasteiger partial charge < -0.3 is 10.1 Å². The number of anilines is 3. The Balaban J connectivity index is 1.46. The molecule has 9 nitrogen and oxygen atoms in total. The van der Waals surface area contributed by atoms with Crippen LogP contribution in [0.5, 0.6) is 5.75 Å². The molecule has 0 aliphatic heterocycles. The largest absolute Gasteiger partial charge is 0.573 e. The van der Waals surface area contributed by atoms with Crippen LogP contribution >= 0.6 is 0 Å². The summed E-state index contributed by atoms with van der Waals surface area (Å²) >= 11 is 0. The molecule has 0 saturated heterocycles. The fourth-order valence-electron chi connectivity index (χ4n) is 3.23. The first kappa shape index (κ1) is 24.0. The van der Waals surface area contributed by atoms with Gasteiger partial charge >= 0.3 is 6.36 Å². The van der Waals surface area contributed by atoms with Gasteiger partial charge in [0.25, 0.3) is 10.0 Å². The molecule has 0 amide bonds. The zero-order valence-electron chi connectivity index (χ0n) is 18.4. The Morgan fingerprint density at radius 1 is 0.914 bits per heavy atom. The zero-order chi connectivity index (χ0) is 25.2. The maximum atomic E-state index is 12.7. The number of rotatable bonds is 7. The standard InChI is InChI=1S/C22H19F3N6O3S/c1-14-13-15(2)31(29-14)21-12-11-20(27-28-21)26-16-7-9-17(10-8-16)30-35(32,33)19-6-4-3-5-18(19)34-22(23,24)25/h3-13,30H,1-2H3,(H,26,27). The highest BCUT2D eigenvalue weighted by Crippen LogP contribution is 2.30. The monoisotopic (exact) mass is 504 g/mol. The Kier molecular flexibility index (Phi) is 6.35. The van der Waals surface area contributed by atoms with Crippen LogP contribution in [0.2, 0.25) is 0 Å². The molecule has 0 spiro atoms. The molecule has 4 rings (SSSR count). The molecular weight excluding hydrogens is 485 g/mol. The number of nitrogens with zero attached hydrogens (tertiary/aromatic N) is 4. The molecule has 0 fully saturated rings. The third kappa shape index (κ3) is 5.87. The maximum Gasteiger partial charge on any atom is 0.573 e. The van der Waals surface area contributed by atoms with E-state index in [9.17, 15) is 21.6 Å². The van der Waals surface area contributed by atoms with E-state index in [1.54, 1.807) is 28.9 Å². The van der Waals surface area contributed by atoms with E-state index in [-0.39, 0.29) is 5.69 Å². The number of aromatic nitrogens is 4. The summed E-state index contributed by atoms with van der Waals surface area (Å²) in [6.45, 7) is 3.79. The molecule has 13 heteroatoms. The molecule has 0 atom stereocenters. The van der Waals surface area contributed by atoms with Gasteiger partial charge in [-0.05, 0) is 68.4 Å². The normalized spacial score (nSPS) is 11.8. The summed E-state index contributed by atoms with van der Waals surface area (Å²) in [5, 5.41) is 15.7. The van der Waals surface area contributed by atoms with Gasteiger partial charge in [-0.15, -0.1) is 23.4 Å². The number of hydrogen-bond acceptors (Lipinski definition) is 7. The van der Waals surface area contributed by atoms with Crippen molar-refractivity contribution in [2.45, 2.75) is 25.1 Å². The fraction of sp³-hybridized carbons (Fsp3) is 0.136. The average molecular weight is 504 g/mol. The highest BCUT2D eigenvalue weighted by molar-refractivity contribution is 7.92. The lowest BCUT2D eigenvalue weighted by Crippen LogP contribution is -2.20. The minimum atomic E-state index is -5.03. The van der Waals surface area contributed by atoms with Gasteiger partial charge in [-0.25, -0.2) is 13.1 Å². The first-order chi connectivity index (χ1) is 16.5. The number of hydrogen-bond donors (Lipinski definition) is 2. The van der Waals surface area contributed by atoms with Crippen LogP contribution in [0.15, 0.2) is 71.6 Å². The van der Waals surface area contributed by atoms with E-state index in [2.05, 4.69) is 30.1 Å². The molecular formula is C22H19F3N6O3S. The van der Waals surface area contributed by atoms with Crippen LogP contribution < -0.4 is 14.8 Å². The molecule has 2 aromatic heterocycles. The van der Waals surface area contributed by atoms with E-state index in [0.717, 1.165) is 23.5 Å². The van der Waals surface area contributed by atoms with Crippen LogP contribution in [0.4, 0.5) is 30.4 Å². The summed E-state index contributed by atoms with van der Waals surface area (Å²) in [6, 6.07) is 15.9. The van der Waals surface area contributed by atoms with E-state index < -0.39 is 27.0 Å². The summed E-state index contributed by atoms with van der Waals surface area (Å²) in [5.74, 6) is 0.177. The van der Waals surface area contributed by atoms with Crippen LogP contribution in [-0.2, 0) is 10.0 Å². The van der Waals surface area contributed by atoms with E-state index in [1.165, 1.54) is 24.3 Å². The van der Waals surface area contributed by atoms with Crippen molar-refractivity contribution in [3.63, 3.8) is 0 Å². The van der Waals surface area contributed by atoms with Gasteiger partial charge in [0.2, 0.25) is 0 Å². The third-order valence-electron chi connectivity index (χ3n) is 4.65. The quantitative estimate of drug-likeness (QED) is 0.375. The number of nitrogens with one attached hydrogen (secondary N) is 2. The van der Waals surface area contributed by atoms with Crippen molar-refractivity contribution in [1.82, 2.24) is 20.0 Å². The molecule has 0 unspecified atom stereocenters. The number of alkyl halides is 3. The van der Waals surface area contributed by atoms with Gasteiger partial charge in [0, 0.05) is 17.1 Å². The number of ether oxygens (including phenoxy) is 1. The van der Waals surface area contributed by atoms with Crippen LogP contribution in [0.1, 0.15) is 11.4 Å². The summed E-state index contributed by atoms with van der Waals surface area (Å²) in [6.07, 6.45) is -5.03. The highest BCUT2D eigenvalue weighted by Gasteiger charge is 2.34. The van der Waals surface area contributed by atoms with E-state index in [0.29, 0.717) is 17.3 Å². The summed E-state index contributed by atoms with van der Waals surface area (Å²) in [5.41, 5.74) is 2.51. The lowest BCUT2D eigenvalue weighted by Gasteiger charge is -2.14. The molecule has 0 radical (unpaired) electrons. The second-order valence-electron chi connectivity index (χ2n) is 7.42. The number of benzene rings is 2. The van der Waals surface area contributed by atoms with E-state index >= 15 is 0 Å². The molecule has 0 saturated carbocycles. The molecule has 2 heterocycles. The number of para-hydroxylation sites is 1. The maximum absolute atomic E-state index is 12.7. The van der Waals surface area contributed by atoms with E-state index in [1.807, 2.05) is 19.9 Å². The molecule has 182 valence electrons. The second-order valence-corrected chi connectivity index (χ2v) is 9.07. The Hall–Kier alpha value is -4.13. The molecule has 0 aliphatic carbocycles. The van der Waals surface area contributed by atoms with Crippen molar-refractivity contribution in [2.75, 3.05) is 10.0 Å². The van der Waals surface area contributed by atoms with Gasteiger partial charge in [-0.2, -0.15) is 5.10 Å². The highest BCUT2D eigenvalue weighted by atomic mass is 32.2. The zero-order valence-corrected chi connectivity index (χ0v) is 19.2. The first-order valence-electron chi connectivity index (χ1n) is 10.1. The Morgan fingerprint density at radius 2 is 1.60 bits per heavy atom. The van der Waals surface area contributed by atoms with Gasteiger partial charge in [0.05, 0.1) is 5.69 Å². The van der Waals surface area contributed by atoms with Crippen molar-refractivity contribution in [1.29, 1.82) is 0 Å². The number of aryl methyl sites for hydroxylation is 2. The SMILES string of the molecule is Cc1cc(C)n(-c2ccc(Nc3ccc(NS(=O)(=O)c4ccccc4OC(F)(F)F)cc3)nn2)n1. The van der Waals surface area contributed by atoms with Crippen molar-refractivity contribution >= 4 is 27.2 Å². The minimum Gasteiger partial charge on any atom is -0.404 e. The lowest BCUT2D eigenvalue weighted by molar-refractivity contribution is -0.275. The minimum absolute atomic E-state index is 0.142. The lowest BCUT2D eigenvalue weighted by atomic mass is 10.3. The predicted molar refractivity (Wildman–Crippen MR) is 122 cm³/mol.